The molecule has 0 aliphatic carbocycles. The monoisotopic (exact) mass is 452 g/mol. The summed E-state index contributed by atoms with van der Waals surface area (Å²) in [6.45, 7) is 0. The Labute approximate surface area is 154 Å². The van der Waals surface area contributed by atoms with Crippen LogP contribution in [0.3, 0.4) is 0 Å². The van der Waals surface area contributed by atoms with Crippen LogP contribution in [0.2, 0.25) is 0 Å². The molecule has 0 aromatic rings. The lowest BCUT2D eigenvalue weighted by atomic mass is 9.71. The lowest BCUT2D eigenvalue weighted by Gasteiger charge is -2.55. The number of alkyl halides is 4. The zero-order valence-corrected chi connectivity index (χ0v) is 16.8. The molecule has 0 amide bonds. The van der Waals surface area contributed by atoms with Gasteiger partial charge >= 0.3 is 15.6 Å². The largest absolute Gasteiger partial charge is 0.488 e. The number of halogens is 4. The highest BCUT2D eigenvalue weighted by Gasteiger charge is 2.67. The second kappa shape index (κ2) is 8.88. The molecule has 0 unspecified atom stereocenters. The fraction of sp³-hybridized carbons (Fsp3) is 1.00. The third-order valence-electron chi connectivity index (χ3n) is 3.68. The maximum Gasteiger partial charge on any atom is 0.488 e. The molecule has 23 heavy (non-hydrogen) atoms. The van der Waals surface area contributed by atoms with E-state index in [1.54, 1.807) is 0 Å². The van der Waals surface area contributed by atoms with Crippen LogP contribution in [0.4, 0.5) is 0 Å². The van der Waals surface area contributed by atoms with Crippen LogP contribution in [0.15, 0.2) is 0 Å². The predicted molar refractivity (Wildman–Crippen MR) is 89.4 cm³/mol. The molecular weight excluding hydrogens is 436 g/mol. The molecule has 0 radical (unpaired) electrons. The van der Waals surface area contributed by atoms with Crippen molar-refractivity contribution in [3.63, 3.8) is 0 Å². The summed E-state index contributed by atoms with van der Waals surface area (Å²) in [6.07, 6.45) is 1.23. The Bertz CT molecular complexity index is 459. The van der Waals surface area contributed by atoms with Crippen molar-refractivity contribution in [3.8, 4) is 0 Å². The van der Waals surface area contributed by atoms with Gasteiger partial charge in [-0.25, -0.2) is 9.13 Å². The maximum absolute atomic E-state index is 12.1. The van der Waals surface area contributed by atoms with E-state index < -0.39 is 26.8 Å². The van der Waals surface area contributed by atoms with Gasteiger partial charge in [0.25, 0.3) is 0 Å². The molecule has 138 valence electrons. The molecule has 13 heteroatoms. The van der Waals surface area contributed by atoms with Crippen LogP contribution in [-0.4, -0.2) is 39.1 Å². The minimum absolute atomic E-state index is 0.0878. The average Bonchev–Trinajstić information content (AvgIpc) is 2.35. The summed E-state index contributed by atoms with van der Waals surface area (Å²) >= 11 is 23.4. The van der Waals surface area contributed by atoms with E-state index in [0.717, 1.165) is 0 Å². The van der Waals surface area contributed by atoms with E-state index >= 15 is 0 Å². The molecule has 0 saturated carbocycles. The van der Waals surface area contributed by atoms with Gasteiger partial charge in [-0.2, -0.15) is 4.31 Å². The Morgan fingerprint density at radius 3 is 1.74 bits per heavy atom. The molecule has 0 aromatic heterocycles. The second-order valence-electron chi connectivity index (χ2n) is 4.99. The van der Waals surface area contributed by atoms with Crippen molar-refractivity contribution in [2.24, 2.45) is 5.41 Å². The minimum Gasteiger partial charge on any atom is -0.302 e. The molecule has 1 heterocycles. The van der Waals surface area contributed by atoms with Crippen molar-refractivity contribution in [1.29, 1.82) is 0 Å². The molecule has 0 bridgehead atoms. The molecule has 1 saturated heterocycles. The summed E-state index contributed by atoms with van der Waals surface area (Å²) in [5.74, 6) is -0.695. The number of hydrogen-bond donors (Lipinski definition) is 2. The van der Waals surface area contributed by atoms with Crippen LogP contribution >= 0.6 is 62.0 Å². The van der Waals surface area contributed by atoms with Gasteiger partial charge in [0, 0.05) is 35.4 Å². The third kappa shape index (κ3) is 5.45. The average molecular weight is 454 g/mol. The van der Waals surface area contributed by atoms with E-state index in [-0.39, 0.29) is 29.9 Å². The van der Waals surface area contributed by atoms with Crippen molar-refractivity contribution >= 4 is 62.0 Å². The Morgan fingerprint density at radius 1 is 1.00 bits per heavy atom. The fourth-order valence-electron chi connectivity index (χ4n) is 2.70. The second-order valence-corrected chi connectivity index (χ2v) is 9.40. The van der Waals surface area contributed by atoms with Crippen LogP contribution in [0.1, 0.15) is 25.7 Å². The zero-order valence-electron chi connectivity index (χ0n) is 12.0. The fourth-order valence-corrected chi connectivity index (χ4v) is 6.64. The van der Waals surface area contributed by atoms with E-state index in [9.17, 15) is 9.13 Å². The standard InChI is InChI=1S/C10H18Cl4O7P2/c11-5-1-9(2-6-12,3-7-13)10(4-8-14)19-23(18,20-10)21-22(15,16)17/h1-8H2,(H2,15,16,17). The van der Waals surface area contributed by atoms with Crippen molar-refractivity contribution in [2.75, 3.05) is 23.5 Å². The highest BCUT2D eigenvalue weighted by atomic mass is 35.5. The Balaban J connectivity index is 3.12. The molecule has 1 fully saturated rings. The number of phosphoric acid groups is 2. The Hall–Kier alpha value is 1.42. The van der Waals surface area contributed by atoms with Crippen LogP contribution in [0.25, 0.3) is 0 Å². The van der Waals surface area contributed by atoms with E-state index in [1.165, 1.54) is 0 Å². The van der Waals surface area contributed by atoms with Crippen LogP contribution < -0.4 is 0 Å². The van der Waals surface area contributed by atoms with Gasteiger partial charge in [-0.1, -0.05) is 0 Å². The van der Waals surface area contributed by atoms with Crippen LogP contribution in [0, 0.1) is 5.41 Å². The smallest absolute Gasteiger partial charge is 0.302 e. The maximum atomic E-state index is 12.1. The van der Waals surface area contributed by atoms with Gasteiger partial charge in [0.05, 0.1) is 0 Å². The van der Waals surface area contributed by atoms with Crippen molar-refractivity contribution in [1.82, 2.24) is 0 Å². The predicted octanol–water partition coefficient (Wildman–Crippen LogP) is 4.45. The van der Waals surface area contributed by atoms with Crippen LogP contribution in [0.5, 0.6) is 0 Å². The van der Waals surface area contributed by atoms with Gasteiger partial charge in [-0.05, 0) is 19.3 Å². The van der Waals surface area contributed by atoms with E-state index in [1.807, 2.05) is 0 Å². The Kier molecular flexibility index (Phi) is 8.67. The third-order valence-corrected chi connectivity index (χ3v) is 7.12. The van der Waals surface area contributed by atoms with Crippen molar-refractivity contribution < 1.29 is 32.3 Å². The van der Waals surface area contributed by atoms with Gasteiger partial charge in [-0.3, -0.25) is 9.05 Å². The van der Waals surface area contributed by atoms with Crippen molar-refractivity contribution in [3.05, 3.63) is 0 Å². The lowest BCUT2D eigenvalue weighted by molar-refractivity contribution is -0.286. The quantitative estimate of drug-likeness (QED) is 0.352. The summed E-state index contributed by atoms with van der Waals surface area (Å²) in [5, 5.41) is 0. The number of phosphoric ester groups is 1. The highest BCUT2D eigenvalue weighted by molar-refractivity contribution is 7.61. The summed E-state index contributed by atoms with van der Waals surface area (Å²) in [5.41, 5.74) is -0.806. The molecule has 0 spiro atoms. The summed E-state index contributed by atoms with van der Waals surface area (Å²) < 4.78 is 37.8. The van der Waals surface area contributed by atoms with Gasteiger partial charge in [0.2, 0.25) is 0 Å². The molecule has 7 nitrogen and oxygen atoms in total. The first-order valence-electron chi connectivity index (χ1n) is 6.64. The number of rotatable bonds is 11. The first-order valence-corrected chi connectivity index (χ1v) is 11.8. The topological polar surface area (TPSA) is 102 Å². The zero-order chi connectivity index (χ0) is 17.8. The van der Waals surface area contributed by atoms with Gasteiger partial charge < -0.3 is 9.79 Å². The van der Waals surface area contributed by atoms with E-state index in [4.69, 9.17) is 65.2 Å². The normalized spacial score (nSPS) is 28.6. The summed E-state index contributed by atoms with van der Waals surface area (Å²) in [6, 6.07) is 0. The van der Waals surface area contributed by atoms with Crippen molar-refractivity contribution in [2.45, 2.75) is 31.5 Å². The van der Waals surface area contributed by atoms with E-state index in [2.05, 4.69) is 4.31 Å². The van der Waals surface area contributed by atoms with E-state index in [0.29, 0.717) is 19.3 Å². The first kappa shape index (κ1) is 22.5. The lowest BCUT2D eigenvalue weighted by Crippen LogP contribution is -2.58. The summed E-state index contributed by atoms with van der Waals surface area (Å²) in [7, 11) is -9.43. The molecular formula is C10H18Cl4O7P2. The summed E-state index contributed by atoms with van der Waals surface area (Å²) in [4.78, 5) is 17.6. The minimum atomic E-state index is -5.05. The molecule has 1 aliphatic heterocycles. The van der Waals surface area contributed by atoms with Crippen LogP contribution in [-0.2, 0) is 22.5 Å². The van der Waals surface area contributed by atoms with Gasteiger partial charge in [0.1, 0.15) is 0 Å². The molecule has 2 N–H and O–H groups in total. The van der Waals surface area contributed by atoms with Gasteiger partial charge in [-0.15, -0.1) is 46.4 Å². The highest BCUT2D eigenvalue weighted by Crippen LogP contribution is 2.76. The molecule has 1 rings (SSSR count). The molecule has 0 atom stereocenters. The Morgan fingerprint density at radius 2 is 1.43 bits per heavy atom. The molecule has 0 aromatic carbocycles. The molecule has 1 aliphatic rings. The van der Waals surface area contributed by atoms with Gasteiger partial charge in [0.15, 0.2) is 5.79 Å². The first-order chi connectivity index (χ1) is 10.6. The SMILES string of the molecule is O=P(O)(O)OP1(=O)OC(CCCl)(C(CCCl)(CCCl)CCCl)O1. The number of hydrogen-bond acceptors (Lipinski definition) is 5.